The third-order valence-corrected chi connectivity index (χ3v) is 10.9. The van der Waals surface area contributed by atoms with Gasteiger partial charge < -0.3 is 28.6 Å². The third-order valence-electron chi connectivity index (χ3n) is 10.6. The average molecular weight is 769 g/mol. The molecule has 2 atom stereocenters. The van der Waals surface area contributed by atoms with Gasteiger partial charge in [0.2, 0.25) is 0 Å². The topological polar surface area (TPSA) is 83.1 Å². The molecule has 54 heavy (non-hydrogen) atoms. The Kier molecular flexibility index (Phi) is 11.9. The van der Waals surface area contributed by atoms with Crippen LogP contribution in [0.2, 0.25) is 5.02 Å². The molecular weight excluding hydrogens is 721 g/mol. The minimum atomic E-state index is -3.18. The zero-order valence-corrected chi connectivity index (χ0v) is 31.8. The number of aliphatic hydroxyl groups is 1. The van der Waals surface area contributed by atoms with E-state index >= 15 is 8.78 Å². The molecule has 9 nitrogen and oxygen atoms in total. The number of morpholine rings is 1. The Balaban J connectivity index is 1.34. The number of hydrogen-bond acceptors (Lipinski definition) is 7. The molecule has 0 saturated carbocycles. The van der Waals surface area contributed by atoms with E-state index in [4.69, 9.17) is 35.6 Å². The van der Waals surface area contributed by atoms with Crippen molar-refractivity contribution in [2.24, 2.45) is 7.05 Å². The summed E-state index contributed by atoms with van der Waals surface area (Å²) in [6.45, 7) is 6.87. The number of ether oxygens (including phenoxy) is 4. The molecule has 0 aliphatic carbocycles. The highest BCUT2D eigenvalue weighted by atomic mass is 35.5. The predicted molar refractivity (Wildman–Crippen MR) is 203 cm³/mol. The number of alkyl halides is 2. The van der Waals surface area contributed by atoms with Crippen molar-refractivity contribution >= 4 is 33.3 Å². The highest BCUT2D eigenvalue weighted by Gasteiger charge is 2.37. The zero-order valence-electron chi connectivity index (χ0n) is 31.1. The van der Waals surface area contributed by atoms with Crippen molar-refractivity contribution in [1.82, 2.24) is 19.2 Å². The van der Waals surface area contributed by atoms with E-state index in [1.807, 2.05) is 44.3 Å². The quantitative estimate of drug-likeness (QED) is 0.101. The lowest BCUT2D eigenvalue weighted by atomic mass is 9.94. The summed E-state index contributed by atoms with van der Waals surface area (Å²) >= 11 is 7.19. The largest absolute Gasteiger partial charge is 0.493 e. The van der Waals surface area contributed by atoms with Gasteiger partial charge in [0.1, 0.15) is 24.3 Å². The van der Waals surface area contributed by atoms with Crippen molar-refractivity contribution in [1.29, 1.82) is 0 Å². The molecule has 1 N–H and O–H groups in total. The molecule has 7 rings (SSSR count). The van der Waals surface area contributed by atoms with Crippen LogP contribution in [0.15, 0.2) is 48.5 Å². The summed E-state index contributed by atoms with van der Waals surface area (Å²) in [7, 11) is 1.86. The first kappa shape index (κ1) is 38.6. The molecule has 0 radical (unpaired) electrons. The smallest absolute Gasteiger partial charge is 0.272 e. The van der Waals surface area contributed by atoms with Gasteiger partial charge in [-0.2, -0.15) is 5.10 Å². The number of aliphatic hydroxyl groups excluding tert-OH is 1. The second kappa shape index (κ2) is 16.6. The molecular formula is C41H48ClF3N4O5. The minimum absolute atomic E-state index is 0.113. The van der Waals surface area contributed by atoms with E-state index in [1.54, 1.807) is 22.2 Å². The summed E-state index contributed by atoms with van der Waals surface area (Å²) in [6.07, 6.45) is -0.572. The Morgan fingerprint density at radius 2 is 1.85 bits per heavy atom. The molecule has 13 heteroatoms. The van der Waals surface area contributed by atoms with Gasteiger partial charge in [-0.25, -0.2) is 13.2 Å². The van der Waals surface area contributed by atoms with E-state index in [2.05, 4.69) is 4.90 Å². The van der Waals surface area contributed by atoms with Gasteiger partial charge in [-0.15, -0.1) is 0 Å². The molecule has 3 aromatic carbocycles. The predicted octanol–water partition coefficient (Wildman–Crippen LogP) is 8.41. The lowest BCUT2D eigenvalue weighted by Gasteiger charge is -2.29. The van der Waals surface area contributed by atoms with E-state index in [9.17, 15) is 9.50 Å². The van der Waals surface area contributed by atoms with Crippen LogP contribution in [0.5, 0.6) is 5.75 Å². The Labute approximate surface area is 318 Å². The molecule has 1 saturated heterocycles. The van der Waals surface area contributed by atoms with Crippen LogP contribution in [0, 0.1) is 5.82 Å². The number of rotatable bonds is 12. The zero-order chi connectivity index (χ0) is 38.0. The number of hydrogen-bond donors (Lipinski definition) is 1. The summed E-state index contributed by atoms with van der Waals surface area (Å²) in [5.74, 6) is -2.86. The average Bonchev–Trinajstić information content (AvgIpc) is 3.65. The summed E-state index contributed by atoms with van der Waals surface area (Å²) in [4.78, 5) is 2.26. The third kappa shape index (κ3) is 7.87. The fraction of sp³-hybridized carbons (Fsp3) is 0.488. The molecule has 5 aromatic rings. The monoisotopic (exact) mass is 768 g/mol. The SMILES string of the molecule is CCOC(O)c1c(CCCOc2cccc3cc(F)ccc23)c2ccc(Cl)c3c2n1CCC(F)(F)COC(CCN1CCOCC1)c1nn(C)c(CC)c1-3. The van der Waals surface area contributed by atoms with Crippen molar-refractivity contribution in [3.05, 3.63) is 82.0 Å². The van der Waals surface area contributed by atoms with Gasteiger partial charge in [-0.3, -0.25) is 9.58 Å². The van der Waals surface area contributed by atoms with Crippen molar-refractivity contribution in [2.75, 3.05) is 52.7 Å². The maximum Gasteiger partial charge on any atom is 0.272 e. The van der Waals surface area contributed by atoms with Gasteiger partial charge in [0.15, 0.2) is 6.29 Å². The molecule has 4 heterocycles. The molecule has 290 valence electrons. The van der Waals surface area contributed by atoms with Gasteiger partial charge >= 0.3 is 0 Å². The van der Waals surface area contributed by atoms with Crippen molar-refractivity contribution < 1.29 is 37.2 Å². The lowest BCUT2D eigenvalue weighted by molar-refractivity contribution is -0.114. The summed E-state index contributed by atoms with van der Waals surface area (Å²) < 4.78 is 73.0. The van der Waals surface area contributed by atoms with Crippen LogP contribution in [0.25, 0.3) is 32.8 Å². The molecule has 2 unspecified atom stereocenters. The van der Waals surface area contributed by atoms with Crippen LogP contribution in [-0.4, -0.2) is 82.9 Å². The second-order valence-electron chi connectivity index (χ2n) is 14.0. The van der Waals surface area contributed by atoms with Gasteiger partial charge in [0, 0.05) is 73.8 Å². The summed E-state index contributed by atoms with van der Waals surface area (Å²) in [5, 5.41) is 19.3. The normalized spacial score (nSPS) is 18.5. The van der Waals surface area contributed by atoms with E-state index in [-0.39, 0.29) is 19.0 Å². The molecule has 0 bridgehead atoms. The molecule has 2 aliphatic rings. The number of aryl methyl sites for hydroxylation is 3. The molecule has 0 amide bonds. The van der Waals surface area contributed by atoms with Crippen LogP contribution in [-0.2, 0) is 40.6 Å². The van der Waals surface area contributed by atoms with Gasteiger partial charge in [0.25, 0.3) is 5.92 Å². The minimum Gasteiger partial charge on any atom is -0.493 e. The fourth-order valence-corrected chi connectivity index (χ4v) is 8.27. The molecule has 1 fully saturated rings. The molecule has 2 aliphatic heterocycles. The van der Waals surface area contributed by atoms with Crippen LogP contribution in [0.3, 0.4) is 0 Å². The van der Waals surface area contributed by atoms with E-state index in [0.717, 1.165) is 46.1 Å². The van der Waals surface area contributed by atoms with Crippen molar-refractivity contribution in [2.45, 2.75) is 70.8 Å². The number of aromatic nitrogens is 3. The first-order chi connectivity index (χ1) is 26.1. The molecule has 0 spiro atoms. The number of benzene rings is 3. The maximum atomic E-state index is 15.9. The van der Waals surface area contributed by atoms with Gasteiger partial charge in [-0.1, -0.05) is 36.7 Å². The number of halogens is 4. The lowest BCUT2D eigenvalue weighted by Crippen LogP contribution is -2.37. The van der Waals surface area contributed by atoms with Crippen molar-refractivity contribution in [3.63, 3.8) is 0 Å². The van der Waals surface area contributed by atoms with Crippen LogP contribution in [0.4, 0.5) is 13.2 Å². The maximum absolute atomic E-state index is 15.9. The van der Waals surface area contributed by atoms with E-state index in [1.165, 1.54) is 12.1 Å². The second-order valence-corrected chi connectivity index (χ2v) is 14.5. The summed E-state index contributed by atoms with van der Waals surface area (Å²) in [5.41, 5.74) is 4.75. The highest BCUT2D eigenvalue weighted by molar-refractivity contribution is 6.35. The van der Waals surface area contributed by atoms with Crippen LogP contribution >= 0.6 is 11.6 Å². The Morgan fingerprint density at radius 3 is 2.63 bits per heavy atom. The fourth-order valence-electron chi connectivity index (χ4n) is 8.02. The highest BCUT2D eigenvalue weighted by Crippen LogP contribution is 2.46. The van der Waals surface area contributed by atoms with E-state index < -0.39 is 31.3 Å². The first-order valence-corrected chi connectivity index (χ1v) is 19.3. The van der Waals surface area contributed by atoms with Crippen LogP contribution in [0.1, 0.15) is 68.1 Å². The first-order valence-electron chi connectivity index (χ1n) is 18.9. The number of nitrogens with zero attached hydrogens (tertiary/aromatic N) is 4. The van der Waals surface area contributed by atoms with Crippen LogP contribution < -0.4 is 4.74 Å². The Bertz CT molecular complexity index is 2100. The standard InChI is InChI=1S/C41H48ClF3N4O5/c1-4-32-36-35-31(42)14-13-30-29(9-7-21-53-33-10-6-8-26-24-27(43)11-12-28(26)33)39(40(50)52-5-2)49(38(30)35)18-16-41(44,45)25-54-34(37(36)46-47(32)3)15-17-48-19-22-51-23-20-48/h6,8,10-14,24,34,40,50H,4-5,7,9,15-23,25H2,1-3H3. The van der Waals surface area contributed by atoms with Crippen molar-refractivity contribution in [3.8, 4) is 16.9 Å². The van der Waals surface area contributed by atoms with Gasteiger partial charge in [0.05, 0.1) is 41.7 Å². The van der Waals surface area contributed by atoms with E-state index in [0.29, 0.717) is 85.3 Å². The Hall–Kier alpha value is -3.65. The molecule has 2 aromatic heterocycles. The summed E-state index contributed by atoms with van der Waals surface area (Å²) in [6, 6.07) is 13.8. The Morgan fingerprint density at radius 1 is 1.06 bits per heavy atom. The van der Waals surface area contributed by atoms with Gasteiger partial charge in [-0.05, 0) is 73.9 Å². The number of fused-ring (bicyclic) bond motifs is 3.